The van der Waals surface area contributed by atoms with Gasteiger partial charge in [-0.2, -0.15) is 18.3 Å². The fraction of sp³-hybridized carbons (Fsp3) is 0.429. The van der Waals surface area contributed by atoms with E-state index in [1.807, 2.05) is 13.0 Å². The Bertz CT molecular complexity index is 1330. The van der Waals surface area contributed by atoms with E-state index < -0.39 is 11.7 Å². The Morgan fingerprint density at radius 3 is 2.53 bits per heavy atom. The number of anilines is 1. The molecule has 10 heteroatoms. The van der Waals surface area contributed by atoms with Gasteiger partial charge in [-0.15, -0.1) is 0 Å². The fourth-order valence-electron chi connectivity index (χ4n) is 4.88. The summed E-state index contributed by atoms with van der Waals surface area (Å²) in [5.41, 5.74) is 3.62. The van der Waals surface area contributed by atoms with E-state index in [4.69, 9.17) is 0 Å². The van der Waals surface area contributed by atoms with E-state index >= 15 is 0 Å². The Morgan fingerprint density at radius 1 is 1.18 bits per heavy atom. The maximum atomic E-state index is 13.0. The van der Waals surface area contributed by atoms with Gasteiger partial charge in [0.15, 0.2) is 5.82 Å². The van der Waals surface area contributed by atoms with Gasteiger partial charge in [-0.1, -0.05) is 19.9 Å². The average molecular weight is 527 g/mol. The molecule has 3 aromatic rings. The van der Waals surface area contributed by atoms with Gasteiger partial charge in [0.05, 0.1) is 40.6 Å². The maximum Gasteiger partial charge on any atom is 0.417 e. The number of halogens is 3. The maximum absolute atomic E-state index is 13.0. The van der Waals surface area contributed by atoms with Crippen LogP contribution in [0.5, 0.6) is 0 Å². The molecule has 4 rings (SSSR count). The Kier molecular flexibility index (Phi) is 8.01. The van der Waals surface area contributed by atoms with Crippen molar-refractivity contribution in [2.75, 3.05) is 18.9 Å². The number of allylic oxidation sites excluding steroid dienone is 1. The zero-order valence-electron chi connectivity index (χ0n) is 22.3. The largest absolute Gasteiger partial charge is 0.417 e. The third-order valence-corrected chi connectivity index (χ3v) is 6.85. The van der Waals surface area contributed by atoms with Crippen LogP contribution in [0, 0.1) is 19.8 Å². The van der Waals surface area contributed by atoms with Crippen molar-refractivity contribution in [2.45, 2.75) is 59.2 Å². The zero-order valence-corrected chi connectivity index (χ0v) is 22.3. The number of aromatic nitrogens is 4. The number of carbonyl (C=O) groups excluding carboxylic acids is 1. The first kappa shape index (κ1) is 27.5. The van der Waals surface area contributed by atoms with E-state index in [1.165, 1.54) is 22.5 Å². The summed E-state index contributed by atoms with van der Waals surface area (Å²) < 4.78 is 39.8. The van der Waals surface area contributed by atoms with Gasteiger partial charge in [-0.05, 0) is 75.4 Å². The molecule has 3 aromatic heterocycles. The molecular formula is C28H33F3N6O. The summed E-state index contributed by atoms with van der Waals surface area (Å²) in [5.74, 6) is 0.439. The van der Waals surface area contributed by atoms with Crippen LogP contribution in [0.2, 0.25) is 0 Å². The predicted octanol–water partition coefficient (Wildman–Crippen LogP) is 6.07. The SMILES string of the molecule is Cc1cc(NC(=O)c2cnn(-c3ccc(C(F)(F)F)cn3)c2C)cnc1C1=CCC(N(C)CC(C)C)CC1. The van der Waals surface area contributed by atoms with Gasteiger partial charge in [0, 0.05) is 18.8 Å². The summed E-state index contributed by atoms with van der Waals surface area (Å²) in [6.45, 7) is 9.19. The number of aryl methyl sites for hydroxylation is 1. The summed E-state index contributed by atoms with van der Waals surface area (Å²) in [7, 11) is 2.19. The number of nitrogens with one attached hydrogen (secondary N) is 1. The van der Waals surface area contributed by atoms with Crippen LogP contribution >= 0.6 is 0 Å². The molecule has 0 aliphatic heterocycles. The molecule has 202 valence electrons. The van der Waals surface area contributed by atoms with E-state index in [-0.39, 0.29) is 11.7 Å². The minimum atomic E-state index is -4.47. The molecule has 1 aliphatic rings. The van der Waals surface area contributed by atoms with Crippen molar-refractivity contribution in [1.82, 2.24) is 24.6 Å². The van der Waals surface area contributed by atoms with Gasteiger partial charge in [0.25, 0.3) is 5.91 Å². The molecule has 0 bridgehead atoms. The Balaban J connectivity index is 1.44. The van der Waals surface area contributed by atoms with Gasteiger partial charge in [0.1, 0.15) is 0 Å². The number of rotatable bonds is 7. The lowest BCUT2D eigenvalue weighted by Crippen LogP contribution is -2.35. The molecule has 0 saturated carbocycles. The molecule has 0 fully saturated rings. The molecule has 3 heterocycles. The molecule has 38 heavy (non-hydrogen) atoms. The minimum Gasteiger partial charge on any atom is -0.320 e. The average Bonchev–Trinajstić information content (AvgIpc) is 3.25. The molecule has 1 aliphatic carbocycles. The number of hydrogen-bond donors (Lipinski definition) is 1. The van der Waals surface area contributed by atoms with Gasteiger partial charge < -0.3 is 10.2 Å². The quantitative estimate of drug-likeness (QED) is 0.404. The molecule has 1 unspecified atom stereocenters. The van der Waals surface area contributed by atoms with E-state index in [9.17, 15) is 18.0 Å². The first-order valence-corrected chi connectivity index (χ1v) is 12.7. The monoisotopic (exact) mass is 526 g/mol. The number of nitrogens with zero attached hydrogens (tertiary/aromatic N) is 5. The topological polar surface area (TPSA) is 75.9 Å². The summed E-state index contributed by atoms with van der Waals surface area (Å²) in [6, 6.07) is 4.60. The van der Waals surface area contributed by atoms with Crippen LogP contribution in [0.15, 0.2) is 42.9 Å². The van der Waals surface area contributed by atoms with Gasteiger partial charge >= 0.3 is 6.18 Å². The van der Waals surface area contributed by atoms with Crippen molar-refractivity contribution in [3.8, 4) is 5.82 Å². The van der Waals surface area contributed by atoms with Crippen molar-refractivity contribution < 1.29 is 18.0 Å². The third kappa shape index (κ3) is 6.12. The highest BCUT2D eigenvalue weighted by molar-refractivity contribution is 6.05. The van der Waals surface area contributed by atoms with Gasteiger partial charge in [-0.3, -0.25) is 9.78 Å². The Labute approximate surface area is 220 Å². The van der Waals surface area contributed by atoms with E-state index in [0.717, 1.165) is 49.3 Å². The Morgan fingerprint density at radius 2 is 1.95 bits per heavy atom. The van der Waals surface area contributed by atoms with Crippen LogP contribution in [0.4, 0.5) is 18.9 Å². The van der Waals surface area contributed by atoms with E-state index in [0.29, 0.717) is 28.9 Å². The van der Waals surface area contributed by atoms with Crippen LogP contribution in [-0.2, 0) is 6.18 Å². The molecule has 0 spiro atoms. The second-order valence-corrected chi connectivity index (χ2v) is 10.3. The van der Waals surface area contributed by atoms with Gasteiger partial charge in [0.2, 0.25) is 0 Å². The molecule has 1 N–H and O–H groups in total. The lowest BCUT2D eigenvalue weighted by Gasteiger charge is -2.32. The van der Waals surface area contributed by atoms with E-state index in [2.05, 4.69) is 52.3 Å². The van der Waals surface area contributed by atoms with Gasteiger partial charge in [-0.25, -0.2) is 9.67 Å². The lowest BCUT2D eigenvalue weighted by atomic mass is 9.90. The zero-order chi connectivity index (χ0) is 27.6. The normalized spacial score (nSPS) is 16.2. The summed E-state index contributed by atoms with van der Waals surface area (Å²) in [4.78, 5) is 23.9. The third-order valence-electron chi connectivity index (χ3n) is 6.85. The van der Waals surface area contributed by atoms with Crippen LogP contribution in [0.3, 0.4) is 0 Å². The minimum absolute atomic E-state index is 0.190. The molecular weight excluding hydrogens is 493 g/mol. The first-order chi connectivity index (χ1) is 17.9. The molecule has 0 radical (unpaired) electrons. The molecule has 1 atom stereocenters. The van der Waals surface area contributed by atoms with Crippen LogP contribution in [0.25, 0.3) is 11.4 Å². The number of alkyl halides is 3. The smallest absolute Gasteiger partial charge is 0.320 e. The lowest BCUT2D eigenvalue weighted by molar-refractivity contribution is -0.137. The molecule has 7 nitrogen and oxygen atoms in total. The number of pyridine rings is 2. The number of carbonyl (C=O) groups is 1. The molecule has 0 aromatic carbocycles. The van der Waals surface area contributed by atoms with Crippen LogP contribution in [-0.4, -0.2) is 50.2 Å². The van der Waals surface area contributed by atoms with Crippen LogP contribution in [0.1, 0.15) is 66.0 Å². The fourth-order valence-corrected chi connectivity index (χ4v) is 4.88. The summed E-state index contributed by atoms with van der Waals surface area (Å²) in [6.07, 6.45) is 4.62. The number of amides is 1. The predicted molar refractivity (Wildman–Crippen MR) is 141 cm³/mol. The van der Waals surface area contributed by atoms with Crippen molar-refractivity contribution >= 4 is 17.2 Å². The highest BCUT2D eigenvalue weighted by Gasteiger charge is 2.31. The standard InChI is InChI=1S/C28H33F3N6O/c1-17(2)16-36(5)23-9-6-20(7-10-23)26-18(3)12-22(14-33-26)35-27(38)24-15-34-37(19(24)4)25-11-8-21(13-32-25)28(29,30)31/h6,8,11-15,17,23H,7,9-10,16H2,1-5H3,(H,35,38). The summed E-state index contributed by atoms with van der Waals surface area (Å²) in [5, 5.41) is 7.01. The summed E-state index contributed by atoms with van der Waals surface area (Å²) >= 11 is 0. The molecule has 1 amide bonds. The highest BCUT2D eigenvalue weighted by Crippen LogP contribution is 2.31. The van der Waals surface area contributed by atoms with Crippen molar-refractivity contribution in [3.05, 3.63) is 70.9 Å². The van der Waals surface area contributed by atoms with Crippen molar-refractivity contribution in [3.63, 3.8) is 0 Å². The second-order valence-electron chi connectivity index (χ2n) is 10.3. The molecule has 0 saturated heterocycles. The van der Waals surface area contributed by atoms with Crippen LogP contribution < -0.4 is 5.32 Å². The Hall–Kier alpha value is -3.53. The highest BCUT2D eigenvalue weighted by atomic mass is 19.4. The van der Waals surface area contributed by atoms with Crippen molar-refractivity contribution in [1.29, 1.82) is 0 Å². The second kappa shape index (κ2) is 11.1. The number of hydrogen-bond acceptors (Lipinski definition) is 5. The van der Waals surface area contributed by atoms with Crippen molar-refractivity contribution in [2.24, 2.45) is 5.92 Å². The van der Waals surface area contributed by atoms with E-state index in [1.54, 1.807) is 13.1 Å². The first-order valence-electron chi connectivity index (χ1n) is 12.7.